The molecule has 14 heteroatoms. The molecular weight excluding hydrogens is 517 g/mol. The van der Waals surface area contributed by atoms with Crippen LogP contribution < -0.4 is 16.0 Å². The zero-order valence-electron chi connectivity index (χ0n) is 21.3. The lowest BCUT2D eigenvalue weighted by Crippen LogP contribution is -2.71. The number of hydrogen-bond acceptors (Lipinski definition) is 5. The van der Waals surface area contributed by atoms with Crippen molar-refractivity contribution in [3.63, 3.8) is 0 Å². The second kappa shape index (κ2) is 10.6. The normalized spacial score (nSPS) is 28.5. The van der Waals surface area contributed by atoms with Crippen molar-refractivity contribution < 1.29 is 41.1 Å². The number of hydrogen-bond donors (Lipinski definition) is 3. The maximum Gasteiger partial charge on any atom is 0.471 e. The first kappa shape index (κ1) is 29.6. The Morgan fingerprint density at radius 3 is 2.34 bits per heavy atom. The Kier molecular flexibility index (Phi) is 8.29. The molecule has 38 heavy (non-hydrogen) atoms. The molecule has 3 N–H and O–H groups in total. The lowest BCUT2D eigenvalue weighted by Gasteiger charge is -2.55. The fraction of sp³-hybridized carbons (Fsp3) is 0.792. The highest BCUT2D eigenvalue weighted by Crippen LogP contribution is 2.49. The summed E-state index contributed by atoms with van der Waals surface area (Å²) in [6.45, 7) is 4.69. The predicted molar refractivity (Wildman–Crippen MR) is 122 cm³/mol. The molecule has 3 saturated heterocycles. The summed E-state index contributed by atoms with van der Waals surface area (Å²) in [6.07, 6.45) is -5.00. The van der Waals surface area contributed by atoms with E-state index in [0.717, 1.165) is 4.90 Å². The number of halogens is 5. The van der Waals surface area contributed by atoms with Crippen molar-refractivity contribution in [3.8, 4) is 6.07 Å². The molecule has 0 spiro atoms. The number of nitrogens with one attached hydrogen (secondary N) is 3. The van der Waals surface area contributed by atoms with Crippen molar-refractivity contribution >= 4 is 23.6 Å². The van der Waals surface area contributed by atoms with Crippen molar-refractivity contribution in [1.29, 1.82) is 5.26 Å². The van der Waals surface area contributed by atoms with Gasteiger partial charge in [0.1, 0.15) is 18.1 Å². The number of fused-ring (bicyclic) bond motifs is 3. The second-order valence-electron chi connectivity index (χ2n) is 11.3. The third-order valence-electron chi connectivity index (χ3n) is 7.50. The van der Waals surface area contributed by atoms with E-state index in [4.69, 9.17) is 0 Å². The highest BCUT2D eigenvalue weighted by atomic mass is 19.4. The lowest BCUT2D eigenvalue weighted by atomic mass is 9.70. The molecule has 0 unspecified atom stereocenters. The van der Waals surface area contributed by atoms with E-state index < -0.39 is 77.7 Å². The summed E-state index contributed by atoms with van der Waals surface area (Å²) in [7, 11) is 0. The first-order chi connectivity index (χ1) is 17.5. The largest absolute Gasteiger partial charge is 0.471 e. The third kappa shape index (κ3) is 6.18. The topological polar surface area (TPSA) is 131 Å². The minimum Gasteiger partial charge on any atom is -0.356 e. The van der Waals surface area contributed by atoms with E-state index in [1.165, 1.54) is 20.8 Å². The zero-order valence-corrected chi connectivity index (χ0v) is 21.3. The van der Waals surface area contributed by atoms with Gasteiger partial charge in [-0.25, -0.2) is 8.78 Å². The molecule has 0 aromatic rings. The second-order valence-corrected chi connectivity index (χ2v) is 11.3. The average molecular weight is 550 g/mol. The number of nitriles is 1. The Morgan fingerprint density at radius 2 is 1.82 bits per heavy atom. The molecule has 0 radical (unpaired) electrons. The molecule has 4 amide bonds. The number of carbonyl (C=O) groups is 4. The molecule has 2 bridgehead atoms. The van der Waals surface area contributed by atoms with Crippen LogP contribution in [0, 0.1) is 28.6 Å². The number of alkyl halides is 5. The van der Waals surface area contributed by atoms with Crippen LogP contribution in [0.25, 0.3) is 0 Å². The van der Waals surface area contributed by atoms with Gasteiger partial charge in [-0.15, -0.1) is 0 Å². The van der Waals surface area contributed by atoms with Crippen LogP contribution in [0.5, 0.6) is 0 Å². The SMILES string of the molecule is CC(C)(C)[C@H](NC(=O)C(F)(F)F)C(=O)N1[C@@H]2CC[C@H]([C@@H]1C(=O)N[C@@H](C#N)C[C@@H]1CCCNC1=O)C(F)(F)C2. The van der Waals surface area contributed by atoms with Crippen molar-refractivity contribution in [1.82, 2.24) is 20.9 Å². The number of amides is 4. The summed E-state index contributed by atoms with van der Waals surface area (Å²) in [5, 5.41) is 16.3. The van der Waals surface area contributed by atoms with Gasteiger partial charge in [0.05, 0.1) is 12.0 Å². The first-order valence-electron chi connectivity index (χ1n) is 12.5. The highest BCUT2D eigenvalue weighted by molar-refractivity contribution is 5.94. The fourth-order valence-corrected chi connectivity index (χ4v) is 5.58. The van der Waals surface area contributed by atoms with E-state index in [1.807, 2.05) is 6.07 Å². The van der Waals surface area contributed by atoms with Crippen molar-refractivity contribution in [2.75, 3.05) is 6.54 Å². The number of piperidine rings is 3. The van der Waals surface area contributed by atoms with Crippen LogP contribution in [0.15, 0.2) is 0 Å². The van der Waals surface area contributed by atoms with E-state index in [1.54, 1.807) is 5.32 Å². The van der Waals surface area contributed by atoms with Crippen molar-refractivity contribution in [2.24, 2.45) is 17.3 Å². The molecule has 9 nitrogen and oxygen atoms in total. The molecule has 212 valence electrons. The summed E-state index contributed by atoms with van der Waals surface area (Å²) >= 11 is 0. The Hall–Kier alpha value is -2.98. The van der Waals surface area contributed by atoms with Gasteiger partial charge in [0.15, 0.2) is 0 Å². The lowest BCUT2D eigenvalue weighted by molar-refractivity contribution is -0.197. The molecule has 4 aliphatic rings. The Morgan fingerprint density at radius 1 is 1.16 bits per heavy atom. The molecule has 1 saturated carbocycles. The molecule has 1 aliphatic carbocycles. The van der Waals surface area contributed by atoms with Gasteiger partial charge in [-0.2, -0.15) is 18.4 Å². The third-order valence-corrected chi connectivity index (χ3v) is 7.50. The molecule has 6 atom stereocenters. The predicted octanol–water partition coefficient (Wildman–Crippen LogP) is 2.02. The van der Waals surface area contributed by atoms with E-state index >= 15 is 0 Å². The van der Waals surface area contributed by atoms with Crippen LogP contribution in [0.3, 0.4) is 0 Å². The van der Waals surface area contributed by atoms with Gasteiger partial charge in [-0.05, 0) is 37.5 Å². The summed E-state index contributed by atoms with van der Waals surface area (Å²) in [5.41, 5.74) is -1.26. The molecule has 3 aliphatic heterocycles. The van der Waals surface area contributed by atoms with E-state index in [0.29, 0.717) is 19.4 Å². The molecule has 3 heterocycles. The molecular formula is C24H32F5N5O4. The maximum absolute atomic E-state index is 14.9. The average Bonchev–Trinajstić information content (AvgIpc) is 2.80. The van der Waals surface area contributed by atoms with E-state index in [-0.39, 0.29) is 25.2 Å². The van der Waals surface area contributed by atoms with Gasteiger partial charge >= 0.3 is 12.1 Å². The van der Waals surface area contributed by atoms with Crippen LogP contribution >= 0.6 is 0 Å². The standard InChI is InChI=1S/C24H32F5N5O4/c1-22(2,3)17(33-21(38)24(27,28)29)20(37)34-14-6-7-15(23(25,26)10-14)16(34)19(36)32-13(11-30)9-12-5-4-8-31-18(12)35/h12-17H,4-10H2,1-3H3,(H,31,35)(H,32,36)(H,33,38)/t12-,13+,14+,15+,16+,17+/m0/s1. The quantitative estimate of drug-likeness (QED) is 0.437. The van der Waals surface area contributed by atoms with Crippen LogP contribution in [0.2, 0.25) is 0 Å². The minimum absolute atomic E-state index is 0.0640. The Bertz CT molecular complexity index is 1010. The van der Waals surface area contributed by atoms with Crippen LogP contribution in [0.4, 0.5) is 22.0 Å². The van der Waals surface area contributed by atoms with Crippen molar-refractivity contribution in [3.05, 3.63) is 0 Å². The Balaban J connectivity index is 1.90. The zero-order chi connectivity index (χ0) is 28.6. The molecule has 0 aromatic carbocycles. The monoisotopic (exact) mass is 549 g/mol. The van der Waals surface area contributed by atoms with Gasteiger partial charge in [0.25, 0.3) is 5.92 Å². The summed E-state index contributed by atoms with van der Waals surface area (Å²) in [4.78, 5) is 51.7. The summed E-state index contributed by atoms with van der Waals surface area (Å²) in [6, 6.07) is -4.06. The Labute approximate surface area is 216 Å². The van der Waals surface area contributed by atoms with E-state index in [9.17, 15) is 46.4 Å². The molecule has 4 fully saturated rings. The van der Waals surface area contributed by atoms with Crippen LogP contribution in [-0.4, -0.2) is 71.3 Å². The fourth-order valence-electron chi connectivity index (χ4n) is 5.58. The number of nitrogens with zero attached hydrogens (tertiary/aromatic N) is 2. The summed E-state index contributed by atoms with van der Waals surface area (Å²) in [5.74, 6) is -10.3. The molecule has 4 rings (SSSR count). The first-order valence-corrected chi connectivity index (χ1v) is 12.5. The van der Waals surface area contributed by atoms with Gasteiger partial charge in [0.2, 0.25) is 17.7 Å². The van der Waals surface area contributed by atoms with Gasteiger partial charge in [-0.1, -0.05) is 20.8 Å². The van der Waals surface area contributed by atoms with Crippen molar-refractivity contribution in [2.45, 2.75) is 95.6 Å². The molecule has 0 aromatic heterocycles. The number of rotatable bonds is 6. The van der Waals surface area contributed by atoms with Gasteiger partial charge in [-0.3, -0.25) is 19.2 Å². The van der Waals surface area contributed by atoms with E-state index in [2.05, 4.69) is 10.6 Å². The number of carbonyl (C=O) groups excluding carboxylic acids is 4. The van der Waals surface area contributed by atoms with Crippen LogP contribution in [-0.2, 0) is 19.2 Å². The summed E-state index contributed by atoms with van der Waals surface area (Å²) < 4.78 is 68.9. The highest BCUT2D eigenvalue weighted by Gasteiger charge is 2.61. The minimum atomic E-state index is -5.29. The maximum atomic E-state index is 14.9. The smallest absolute Gasteiger partial charge is 0.356 e. The van der Waals surface area contributed by atoms with Gasteiger partial charge in [0, 0.05) is 24.9 Å². The van der Waals surface area contributed by atoms with Crippen LogP contribution in [0.1, 0.15) is 59.3 Å². The van der Waals surface area contributed by atoms with Gasteiger partial charge < -0.3 is 20.9 Å².